The molecule has 4 aromatic rings. The topological polar surface area (TPSA) is 23.8 Å². The number of aryl methyl sites for hydroxylation is 3. The van der Waals surface area contributed by atoms with Gasteiger partial charge in [-0.1, -0.05) is 181 Å². The van der Waals surface area contributed by atoms with Crippen LogP contribution in [0.1, 0.15) is 77.6 Å². The molecule has 0 amide bonds. The minimum Gasteiger partial charge on any atom is -0.192 e. The predicted octanol–water partition coefficient (Wildman–Crippen LogP) is 11.6. The van der Waals surface area contributed by atoms with E-state index < -0.39 is 0 Å². The third-order valence-corrected chi connectivity index (χ3v) is 3.72. The van der Waals surface area contributed by atoms with Gasteiger partial charge in [0.05, 0.1) is 11.6 Å². The zero-order valence-electron chi connectivity index (χ0n) is 25.5. The van der Waals surface area contributed by atoms with Crippen LogP contribution in [-0.4, -0.2) is 0 Å². The van der Waals surface area contributed by atoms with Gasteiger partial charge in [-0.2, -0.15) is 5.26 Å². The zero-order valence-corrected chi connectivity index (χ0v) is 25.5. The molecular formula is C36H53N. The van der Waals surface area contributed by atoms with E-state index in [9.17, 15) is 0 Å². The van der Waals surface area contributed by atoms with Gasteiger partial charge in [-0.05, 0) is 32.9 Å². The first-order chi connectivity index (χ1) is 18.1. The second-order valence-electron chi connectivity index (χ2n) is 6.44. The van der Waals surface area contributed by atoms with Crippen LogP contribution in [0, 0.1) is 32.1 Å². The van der Waals surface area contributed by atoms with Gasteiger partial charge in [-0.15, -0.1) is 0 Å². The van der Waals surface area contributed by atoms with Gasteiger partial charge in [0.15, 0.2) is 0 Å². The van der Waals surface area contributed by atoms with Crippen molar-refractivity contribution in [2.24, 2.45) is 0 Å². The van der Waals surface area contributed by atoms with Crippen LogP contribution >= 0.6 is 0 Å². The van der Waals surface area contributed by atoms with Crippen LogP contribution in [0.15, 0.2) is 121 Å². The number of hydrogen-bond donors (Lipinski definition) is 0. The van der Waals surface area contributed by atoms with Crippen LogP contribution in [0.4, 0.5) is 0 Å². The van der Waals surface area contributed by atoms with E-state index in [0.717, 1.165) is 0 Å². The van der Waals surface area contributed by atoms with Crippen LogP contribution in [0.25, 0.3) is 0 Å². The minimum absolute atomic E-state index is 0.715. The summed E-state index contributed by atoms with van der Waals surface area (Å²) in [6.07, 6.45) is 0. The van der Waals surface area contributed by atoms with Gasteiger partial charge in [-0.3, -0.25) is 0 Å². The zero-order chi connectivity index (χ0) is 29.2. The van der Waals surface area contributed by atoms with Crippen LogP contribution in [-0.2, 0) is 0 Å². The van der Waals surface area contributed by atoms with Crippen molar-refractivity contribution in [1.82, 2.24) is 0 Å². The second kappa shape index (κ2) is 36.9. The molecule has 0 unspecified atom stereocenters. The fourth-order valence-electron chi connectivity index (χ4n) is 2.12. The first-order valence-electron chi connectivity index (χ1n) is 13.6. The smallest absolute Gasteiger partial charge is 0.0991 e. The molecule has 0 aromatic heterocycles. The van der Waals surface area contributed by atoms with Crippen LogP contribution in [0.5, 0.6) is 0 Å². The molecule has 0 atom stereocenters. The molecule has 0 saturated carbocycles. The van der Waals surface area contributed by atoms with Gasteiger partial charge in [0.2, 0.25) is 0 Å². The van der Waals surface area contributed by atoms with Gasteiger partial charge in [0.1, 0.15) is 0 Å². The molecule has 4 rings (SSSR count). The molecule has 0 aliphatic heterocycles. The summed E-state index contributed by atoms with van der Waals surface area (Å²) in [7, 11) is 0. The third kappa shape index (κ3) is 32.4. The van der Waals surface area contributed by atoms with Crippen molar-refractivity contribution < 1.29 is 0 Å². The number of benzene rings is 4. The average Bonchev–Trinajstić information content (AvgIpc) is 3.00. The SMILES string of the molecule is CC.CC.CC.CC.Cc1ccccc1.Cc1ccccc1.Cc1ccccc1.N#Cc1ccccc1. The molecule has 202 valence electrons. The van der Waals surface area contributed by atoms with Crippen LogP contribution in [0.2, 0.25) is 0 Å². The largest absolute Gasteiger partial charge is 0.192 e. The monoisotopic (exact) mass is 499 g/mol. The van der Waals surface area contributed by atoms with Crippen molar-refractivity contribution in [3.63, 3.8) is 0 Å². The lowest BCUT2D eigenvalue weighted by atomic mass is 10.2. The van der Waals surface area contributed by atoms with Gasteiger partial charge in [0.25, 0.3) is 0 Å². The Morgan fingerprint density at radius 1 is 0.351 bits per heavy atom. The Morgan fingerprint density at radius 3 is 0.649 bits per heavy atom. The molecule has 0 radical (unpaired) electrons. The van der Waals surface area contributed by atoms with Gasteiger partial charge in [0, 0.05) is 0 Å². The molecule has 0 saturated heterocycles. The lowest BCUT2D eigenvalue weighted by molar-refractivity contribution is 1.48. The first-order valence-corrected chi connectivity index (χ1v) is 13.6. The summed E-state index contributed by atoms with van der Waals surface area (Å²) in [5.74, 6) is 0. The summed E-state index contributed by atoms with van der Waals surface area (Å²) < 4.78 is 0. The minimum atomic E-state index is 0.715. The molecule has 0 N–H and O–H groups in total. The predicted molar refractivity (Wildman–Crippen MR) is 170 cm³/mol. The number of rotatable bonds is 0. The van der Waals surface area contributed by atoms with E-state index in [-0.39, 0.29) is 0 Å². The quantitative estimate of drug-likeness (QED) is 0.236. The molecule has 1 nitrogen and oxygen atoms in total. The third-order valence-electron chi connectivity index (χ3n) is 3.72. The van der Waals surface area contributed by atoms with Gasteiger partial charge >= 0.3 is 0 Å². The van der Waals surface area contributed by atoms with Crippen molar-refractivity contribution in [3.05, 3.63) is 144 Å². The van der Waals surface area contributed by atoms with Crippen LogP contribution in [0.3, 0.4) is 0 Å². The van der Waals surface area contributed by atoms with Crippen molar-refractivity contribution in [2.75, 3.05) is 0 Å². The Kier molecular flexibility index (Phi) is 40.5. The normalized spacial score (nSPS) is 7.30. The molecule has 0 aliphatic rings. The molecule has 0 bridgehead atoms. The summed E-state index contributed by atoms with van der Waals surface area (Å²) in [6, 6.07) is 41.9. The fraction of sp³-hybridized carbons (Fsp3) is 0.306. The molecular weight excluding hydrogens is 446 g/mol. The second-order valence-corrected chi connectivity index (χ2v) is 6.44. The number of nitriles is 1. The number of hydrogen-bond acceptors (Lipinski definition) is 1. The Bertz CT molecular complexity index is 821. The molecule has 37 heavy (non-hydrogen) atoms. The lowest BCUT2D eigenvalue weighted by Gasteiger charge is -1.82. The van der Waals surface area contributed by atoms with E-state index in [1.807, 2.05) is 134 Å². The van der Waals surface area contributed by atoms with E-state index in [1.54, 1.807) is 12.1 Å². The Morgan fingerprint density at radius 2 is 0.541 bits per heavy atom. The van der Waals surface area contributed by atoms with Crippen molar-refractivity contribution in [2.45, 2.75) is 76.2 Å². The summed E-state index contributed by atoms with van der Waals surface area (Å²) in [5, 5.41) is 8.29. The standard InChI is InChI=1S/C7H5N.3C7H8.4C2H6/c8-6-7-4-2-1-3-5-7;3*1-7-5-3-2-4-6-7;4*1-2/h1-5H;3*2-6H,1H3;4*1-2H3. The average molecular weight is 500 g/mol. The Labute approximate surface area is 230 Å². The summed E-state index contributed by atoms with van der Waals surface area (Å²) in [4.78, 5) is 0. The highest BCUT2D eigenvalue weighted by Crippen LogP contribution is 1.94. The summed E-state index contributed by atoms with van der Waals surface area (Å²) in [6.45, 7) is 22.2. The van der Waals surface area contributed by atoms with E-state index in [2.05, 4.69) is 57.2 Å². The number of nitrogens with zero attached hydrogens (tertiary/aromatic N) is 1. The van der Waals surface area contributed by atoms with E-state index in [0.29, 0.717) is 5.56 Å². The molecule has 0 heterocycles. The maximum absolute atomic E-state index is 8.29. The van der Waals surface area contributed by atoms with Crippen molar-refractivity contribution >= 4 is 0 Å². The van der Waals surface area contributed by atoms with E-state index >= 15 is 0 Å². The van der Waals surface area contributed by atoms with Gasteiger partial charge < -0.3 is 0 Å². The molecule has 4 aromatic carbocycles. The van der Waals surface area contributed by atoms with Crippen molar-refractivity contribution in [1.29, 1.82) is 5.26 Å². The highest BCUT2D eigenvalue weighted by molar-refractivity contribution is 5.27. The fourth-order valence-corrected chi connectivity index (χ4v) is 2.12. The van der Waals surface area contributed by atoms with Crippen LogP contribution < -0.4 is 0 Å². The highest BCUT2D eigenvalue weighted by Gasteiger charge is 1.79. The molecule has 1 heteroatoms. The molecule has 0 fully saturated rings. The van der Waals surface area contributed by atoms with Crippen molar-refractivity contribution in [3.8, 4) is 6.07 Å². The summed E-state index contributed by atoms with van der Waals surface area (Å²) in [5.41, 5.74) is 4.68. The Balaban J connectivity index is -0.000000180. The summed E-state index contributed by atoms with van der Waals surface area (Å²) >= 11 is 0. The maximum atomic E-state index is 8.29. The highest BCUT2D eigenvalue weighted by atomic mass is 14.2. The first kappa shape index (κ1) is 40.5. The van der Waals surface area contributed by atoms with E-state index in [1.165, 1.54) is 16.7 Å². The van der Waals surface area contributed by atoms with E-state index in [4.69, 9.17) is 5.26 Å². The maximum Gasteiger partial charge on any atom is 0.0991 e. The Hall–Kier alpha value is -3.63. The molecule has 0 spiro atoms. The molecule has 0 aliphatic carbocycles. The van der Waals surface area contributed by atoms with Gasteiger partial charge in [-0.25, -0.2) is 0 Å². The lowest BCUT2D eigenvalue weighted by Crippen LogP contribution is -1.66.